The predicted molar refractivity (Wildman–Crippen MR) is 108 cm³/mol. The number of nitrogens with one attached hydrogen (secondary N) is 1. The lowest BCUT2D eigenvalue weighted by Gasteiger charge is -2.25. The van der Waals surface area contributed by atoms with Gasteiger partial charge in [-0.3, -0.25) is 4.79 Å². The van der Waals surface area contributed by atoms with E-state index in [-0.39, 0.29) is 21.4 Å². The van der Waals surface area contributed by atoms with Crippen molar-refractivity contribution in [3.05, 3.63) is 28.2 Å². The smallest absolute Gasteiger partial charge is 0.410 e. The molecule has 8 nitrogen and oxygen atoms in total. The van der Waals surface area contributed by atoms with E-state index in [1.54, 1.807) is 0 Å². The molecule has 0 radical (unpaired) electrons. The fourth-order valence-electron chi connectivity index (χ4n) is 3.64. The number of halogens is 4. The quantitative estimate of drug-likeness (QED) is 0.654. The maximum atomic E-state index is 13.5. The van der Waals surface area contributed by atoms with E-state index >= 15 is 0 Å². The van der Waals surface area contributed by atoms with Crippen molar-refractivity contribution in [2.24, 2.45) is 5.92 Å². The first-order valence-electron chi connectivity index (χ1n) is 9.66. The third kappa shape index (κ3) is 4.23. The minimum atomic E-state index is -4.12. The van der Waals surface area contributed by atoms with Gasteiger partial charge in [-0.1, -0.05) is 23.2 Å². The number of amides is 2. The van der Waals surface area contributed by atoms with Crippen LogP contribution in [0.15, 0.2) is 23.1 Å². The van der Waals surface area contributed by atoms with Crippen LogP contribution in [0.2, 0.25) is 10.0 Å². The van der Waals surface area contributed by atoms with Crippen LogP contribution in [-0.4, -0.2) is 54.8 Å². The second-order valence-electron chi connectivity index (χ2n) is 8.16. The normalized spacial score (nSPS) is 27.3. The molecule has 0 aromatic heterocycles. The number of rotatable bonds is 5. The van der Waals surface area contributed by atoms with Crippen molar-refractivity contribution in [2.45, 2.75) is 53.5 Å². The molecule has 1 aliphatic heterocycles. The lowest BCUT2D eigenvalue weighted by Crippen LogP contribution is -2.44. The van der Waals surface area contributed by atoms with Gasteiger partial charge in [0, 0.05) is 24.4 Å². The number of alkyl carbamates (subject to hydrolysis) is 1. The highest BCUT2D eigenvalue weighted by Gasteiger charge is 2.64. The Balaban J connectivity index is 1.57. The molecule has 1 unspecified atom stereocenters. The SMILES string of the molecule is N#CC1(NC(=O)O[C@H]2C[C@@H](S(=O)(=O)c3ccc(Cl)cc3Cl)CN2C(=O)C2CC2(F)F)CC1. The highest BCUT2D eigenvalue weighted by atomic mass is 35.5. The van der Waals surface area contributed by atoms with Crippen LogP contribution in [0.4, 0.5) is 13.6 Å². The van der Waals surface area contributed by atoms with Gasteiger partial charge in [-0.15, -0.1) is 0 Å². The average Bonchev–Trinajstić information content (AvgIpc) is 3.55. The van der Waals surface area contributed by atoms with Crippen molar-refractivity contribution in [3.63, 3.8) is 0 Å². The Kier molecular flexibility index (Phi) is 5.55. The molecular formula is C19H17Cl2F2N3O5S. The largest absolute Gasteiger partial charge is 0.425 e. The Bertz CT molecular complexity index is 1140. The number of nitrogens with zero attached hydrogens (tertiary/aromatic N) is 2. The molecule has 3 atom stereocenters. The summed E-state index contributed by atoms with van der Waals surface area (Å²) in [4.78, 5) is 25.5. The third-order valence-electron chi connectivity index (χ3n) is 5.81. The van der Waals surface area contributed by atoms with Crippen LogP contribution in [0.5, 0.6) is 0 Å². The van der Waals surface area contributed by atoms with Crippen molar-refractivity contribution in [2.75, 3.05) is 6.54 Å². The topological polar surface area (TPSA) is 117 Å². The molecule has 1 aromatic carbocycles. The fraction of sp³-hybridized carbons (Fsp3) is 0.526. The number of likely N-dealkylation sites (tertiary alicyclic amines) is 1. The van der Waals surface area contributed by atoms with Crippen LogP contribution in [-0.2, 0) is 19.4 Å². The minimum absolute atomic E-state index is 0.129. The van der Waals surface area contributed by atoms with E-state index in [9.17, 15) is 26.8 Å². The highest BCUT2D eigenvalue weighted by Crippen LogP contribution is 2.50. The van der Waals surface area contributed by atoms with Crippen LogP contribution < -0.4 is 5.32 Å². The molecule has 172 valence electrons. The molecule has 13 heteroatoms. The van der Waals surface area contributed by atoms with E-state index in [1.807, 2.05) is 6.07 Å². The van der Waals surface area contributed by atoms with Crippen molar-refractivity contribution in [1.82, 2.24) is 10.2 Å². The van der Waals surface area contributed by atoms with Gasteiger partial charge in [0.15, 0.2) is 16.1 Å². The first kappa shape index (κ1) is 23.0. The molecule has 1 saturated heterocycles. The van der Waals surface area contributed by atoms with Crippen molar-refractivity contribution in [1.29, 1.82) is 5.26 Å². The van der Waals surface area contributed by atoms with E-state index in [1.165, 1.54) is 18.2 Å². The number of sulfone groups is 1. The Hall–Kier alpha value is -2.16. The van der Waals surface area contributed by atoms with Crippen molar-refractivity contribution >= 4 is 45.0 Å². The third-order valence-corrected chi connectivity index (χ3v) is 8.66. The first-order chi connectivity index (χ1) is 14.9. The highest BCUT2D eigenvalue weighted by molar-refractivity contribution is 7.92. The first-order valence-corrected chi connectivity index (χ1v) is 12.0. The summed E-state index contributed by atoms with van der Waals surface area (Å²) < 4.78 is 58.5. The van der Waals surface area contributed by atoms with Crippen LogP contribution in [0.1, 0.15) is 25.7 Å². The van der Waals surface area contributed by atoms with Crippen LogP contribution in [0.3, 0.4) is 0 Å². The Morgan fingerprint density at radius 1 is 1.28 bits per heavy atom. The second kappa shape index (κ2) is 7.71. The zero-order valence-corrected chi connectivity index (χ0v) is 18.7. The number of alkyl halides is 2. The van der Waals surface area contributed by atoms with Gasteiger partial charge in [0.2, 0.25) is 5.91 Å². The Morgan fingerprint density at radius 2 is 1.94 bits per heavy atom. The van der Waals surface area contributed by atoms with Crippen LogP contribution >= 0.6 is 23.2 Å². The number of hydrogen-bond acceptors (Lipinski definition) is 6. The van der Waals surface area contributed by atoms with Crippen LogP contribution in [0.25, 0.3) is 0 Å². The average molecular weight is 508 g/mol. The van der Waals surface area contributed by atoms with Gasteiger partial charge in [0.1, 0.15) is 11.5 Å². The summed E-state index contributed by atoms with van der Waals surface area (Å²) >= 11 is 11.9. The summed E-state index contributed by atoms with van der Waals surface area (Å²) in [5, 5.41) is 10.3. The number of benzene rings is 1. The molecule has 2 saturated carbocycles. The molecule has 1 N–H and O–H groups in total. The maximum absolute atomic E-state index is 13.5. The van der Waals surface area contributed by atoms with Gasteiger partial charge in [-0.05, 0) is 31.0 Å². The molecule has 3 fully saturated rings. The van der Waals surface area contributed by atoms with E-state index in [0.717, 1.165) is 4.90 Å². The fourth-order valence-corrected chi connectivity index (χ4v) is 6.09. The molecular weight excluding hydrogens is 491 g/mol. The molecule has 3 aliphatic rings. The lowest BCUT2D eigenvalue weighted by molar-refractivity contribution is -0.141. The molecule has 0 bridgehead atoms. The molecule has 1 aromatic rings. The zero-order valence-electron chi connectivity index (χ0n) is 16.4. The van der Waals surface area contributed by atoms with Gasteiger partial charge < -0.3 is 15.0 Å². The molecule has 4 rings (SSSR count). The number of carbonyl (C=O) groups is 2. The summed E-state index contributed by atoms with van der Waals surface area (Å²) in [6.45, 7) is -0.450. The van der Waals surface area contributed by atoms with Crippen LogP contribution in [0, 0.1) is 17.2 Å². The molecule has 2 amide bonds. The molecule has 2 aliphatic carbocycles. The Labute approximate surface area is 192 Å². The monoisotopic (exact) mass is 507 g/mol. The van der Waals surface area contributed by atoms with Gasteiger partial charge in [0.05, 0.1) is 21.2 Å². The minimum Gasteiger partial charge on any atom is -0.425 e. The standard InChI is InChI=1S/C19H17Cl2F2N3O5S/c20-10-1-2-14(13(21)5-10)32(29,30)11-6-15(31-17(28)25-18(9-24)3-4-18)26(8-11)16(27)12-7-19(12,22)23/h1-2,5,11-12,15H,3-4,6-8H2,(H,25,28)/t11-,12?,15+/m1/s1. The second-order valence-corrected chi connectivity index (χ2v) is 11.2. The van der Waals surface area contributed by atoms with E-state index in [4.69, 9.17) is 33.2 Å². The van der Waals surface area contributed by atoms with E-state index in [0.29, 0.717) is 12.8 Å². The summed E-state index contributed by atoms with van der Waals surface area (Å²) in [5.74, 6) is -5.76. The summed E-state index contributed by atoms with van der Waals surface area (Å²) in [5.41, 5.74) is -1.06. The molecule has 0 spiro atoms. The van der Waals surface area contributed by atoms with Crippen molar-refractivity contribution < 1.29 is 31.5 Å². The molecule has 1 heterocycles. The number of ether oxygens (including phenoxy) is 1. The predicted octanol–water partition coefficient (Wildman–Crippen LogP) is 3.13. The van der Waals surface area contributed by atoms with Gasteiger partial charge in [0.25, 0.3) is 5.92 Å². The van der Waals surface area contributed by atoms with Gasteiger partial charge in [-0.25, -0.2) is 22.0 Å². The number of carbonyl (C=O) groups excluding carboxylic acids is 2. The van der Waals surface area contributed by atoms with Gasteiger partial charge >= 0.3 is 6.09 Å². The summed E-state index contributed by atoms with van der Waals surface area (Å²) in [7, 11) is -4.12. The summed E-state index contributed by atoms with van der Waals surface area (Å²) in [6.07, 6.45) is -2.56. The number of nitriles is 1. The molecule has 32 heavy (non-hydrogen) atoms. The Morgan fingerprint density at radius 3 is 2.47 bits per heavy atom. The van der Waals surface area contributed by atoms with E-state index < -0.39 is 63.7 Å². The lowest BCUT2D eigenvalue weighted by atomic mass is 10.3. The van der Waals surface area contributed by atoms with E-state index in [2.05, 4.69) is 5.32 Å². The van der Waals surface area contributed by atoms with Crippen molar-refractivity contribution in [3.8, 4) is 6.07 Å². The van der Waals surface area contributed by atoms with Gasteiger partial charge in [-0.2, -0.15) is 5.26 Å². The maximum Gasteiger partial charge on any atom is 0.410 e. The summed E-state index contributed by atoms with van der Waals surface area (Å²) in [6, 6.07) is 5.73. The number of hydrogen-bond donors (Lipinski definition) is 1. The zero-order chi connectivity index (χ0) is 23.5.